The predicted molar refractivity (Wildman–Crippen MR) is 98.5 cm³/mol. The number of ether oxygens (including phenoxy) is 2. The van der Waals surface area contributed by atoms with Crippen LogP contribution in [0, 0.1) is 0 Å². The number of piperidine rings is 1. The number of fused-ring (bicyclic) bond motifs is 1. The molecule has 0 radical (unpaired) electrons. The number of halogens is 1. The van der Waals surface area contributed by atoms with Crippen LogP contribution >= 0.6 is 23.7 Å². The highest BCUT2D eigenvalue weighted by atomic mass is 35.5. The van der Waals surface area contributed by atoms with Gasteiger partial charge in [-0.2, -0.15) is 0 Å². The molecule has 0 spiro atoms. The number of hydrogen-bond acceptors (Lipinski definition) is 6. The standard InChI is InChI=1S/C16H21N3O3S.ClH/c1-3-22-11-4-5-12-13(10-11)23-15(18-12)19-14(20)16(21-2)6-8-17-9-7-16;/h4-5,10,17H,3,6-9H2,1-2H3,(H,18,19,20);1H. The van der Waals surface area contributed by atoms with Crippen molar-refractivity contribution >= 4 is 45.0 Å². The number of nitrogens with zero attached hydrogens (tertiary/aromatic N) is 1. The maximum absolute atomic E-state index is 12.6. The largest absolute Gasteiger partial charge is 0.494 e. The van der Waals surface area contributed by atoms with Gasteiger partial charge in [-0.3, -0.25) is 10.1 Å². The van der Waals surface area contributed by atoms with Crippen LogP contribution in [0.1, 0.15) is 19.8 Å². The van der Waals surface area contributed by atoms with Gasteiger partial charge in [0.05, 0.1) is 16.8 Å². The van der Waals surface area contributed by atoms with Crippen LogP contribution in [0.2, 0.25) is 0 Å². The number of carbonyl (C=O) groups is 1. The third-order valence-electron chi connectivity index (χ3n) is 4.11. The summed E-state index contributed by atoms with van der Waals surface area (Å²) in [7, 11) is 1.59. The Morgan fingerprint density at radius 2 is 2.17 bits per heavy atom. The van der Waals surface area contributed by atoms with Crippen LogP contribution in [0.4, 0.5) is 5.13 Å². The van der Waals surface area contributed by atoms with Gasteiger partial charge in [0.1, 0.15) is 11.4 Å². The van der Waals surface area contributed by atoms with Crippen LogP contribution in [-0.2, 0) is 9.53 Å². The first-order valence-electron chi connectivity index (χ1n) is 7.77. The van der Waals surface area contributed by atoms with Gasteiger partial charge in [-0.15, -0.1) is 12.4 Å². The van der Waals surface area contributed by atoms with Crippen LogP contribution < -0.4 is 15.4 Å². The molecular weight excluding hydrogens is 350 g/mol. The van der Waals surface area contributed by atoms with Gasteiger partial charge >= 0.3 is 0 Å². The van der Waals surface area contributed by atoms with E-state index in [1.165, 1.54) is 11.3 Å². The molecule has 0 aliphatic carbocycles. The van der Waals surface area contributed by atoms with E-state index in [-0.39, 0.29) is 18.3 Å². The fourth-order valence-electron chi connectivity index (χ4n) is 2.78. The summed E-state index contributed by atoms with van der Waals surface area (Å²) in [4.78, 5) is 17.1. The second-order valence-corrected chi connectivity index (χ2v) is 6.51. The highest BCUT2D eigenvalue weighted by Gasteiger charge is 2.40. The molecule has 0 bridgehead atoms. The first-order chi connectivity index (χ1) is 11.2. The molecule has 2 heterocycles. The van der Waals surface area contributed by atoms with Crippen molar-refractivity contribution in [2.45, 2.75) is 25.4 Å². The molecule has 2 N–H and O–H groups in total. The third-order valence-corrected chi connectivity index (χ3v) is 5.04. The third kappa shape index (κ3) is 3.80. The molecule has 0 atom stereocenters. The summed E-state index contributed by atoms with van der Waals surface area (Å²) < 4.78 is 12.0. The minimum absolute atomic E-state index is 0. The van der Waals surface area contributed by atoms with Crippen molar-refractivity contribution in [3.63, 3.8) is 0 Å². The van der Waals surface area contributed by atoms with Crippen molar-refractivity contribution < 1.29 is 14.3 Å². The highest BCUT2D eigenvalue weighted by Crippen LogP contribution is 2.31. The minimum Gasteiger partial charge on any atom is -0.494 e. The number of anilines is 1. The maximum Gasteiger partial charge on any atom is 0.258 e. The van der Waals surface area contributed by atoms with E-state index in [2.05, 4.69) is 15.6 Å². The van der Waals surface area contributed by atoms with E-state index in [1.807, 2.05) is 25.1 Å². The number of amides is 1. The fraction of sp³-hybridized carbons (Fsp3) is 0.500. The lowest BCUT2D eigenvalue weighted by Gasteiger charge is -2.34. The number of thiazole rings is 1. The number of nitrogens with one attached hydrogen (secondary N) is 2. The van der Waals surface area contributed by atoms with Gasteiger partial charge in [-0.25, -0.2) is 4.98 Å². The Morgan fingerprint density at radius 3 is 2.83 bits per heavy atom. The molecule has 2 aromatic rings. The molecule has 1 saturated heterocycles. The molecule has 0 saturated carbocycles. The first-order valence-corrected chi connectivity index (χ1v) is 8.59. The zero-order valence-electron chi connectivity index (χ0n) is 13.8. The number of carbonyl (C=O) groups excluding carboxylic acids is 1. The second kappa shape index (κ2) is 8.11. The summed E-state index contributed by atoms with van der Waals surface area (Å²) in [5.74, 6) is 0.693. The molecule has 3 rings (SSSR count). The lowest BCUT2D eigenvalue weighted by Crippen LogP contribution is -2.51. The number of hydrogen-bond donors (Lipinski definition) is 2. The van der Waals surface area contributed by atoms with Gasteiger partial charge in [0.2, 0.25) is 0 Å². The smallest absolute Gasteiger partial charge is 0.258 e. The summed E-state index contributed by atoms with van der Waals surface area (Å²) in [6.45, 7) is 4.13. The molecule has 8 heteroatoms. The number of aromatic nitrogens is 1. The fourth-order valence-corrected chi connectivity index (χ4v) is 3.67. The number of methoxy groups -OCH3 is 1. The van der Waals surface area contributed by atoms with Gasteiger partial charge in [-0.1, -0.05) is 11.3 Å². The average molecular weight is 372 g/mol. The second-order valence-electron chi connectivity index (χ2n) is 5.48. The van der Waals surface area contributed by atoms with Gasteiger partial charge in [0, 0.05) is 7.11 Å². The van der Waals surface area contributed by atoms with E-state index in [1.54, 1.807) is 7.11 Å². The van der Waals surface area contributed by atoms with E-state index in [0.29, 0.717) is 24.6 Å². The Labute approximate surface area is 151 Å². The van der Waals surface area contributed by atoms with Crippen molar-refractivity contribution in [1.82, 2.24) is 10.3 Å². The monoisotopic (exact) mass is 371 g/mol. The SMILES string of the molecule is CCOc1ccc2nc(NC(=O)C3(OC)CCNCC3)sc2c1.Cl. The molecule has 24 heavy (non-hydrogen) atoms. The number of rotatable bonds is 5. The molecule has 1 aromatic carbocycles. The van der Waals surface area contributed by atoms with E-state index in [0.717, 1.165) is 29.1 Å². The topological polar surface area (TPSA) is 72.5 Å². The zero-order valence-corrected chi connectivity index (χ0v) is 15.4. The van der Waals surface area contributed by atoms with E-state index < -0.39 is 5.60 Å². The molecule has 132 valence electrons. The number of benzene rings is 1. The quantitative estimate of drug-likeness (QED) is 0.845. The molecule has 6 nitrogen and oxygen atoms in total. The molecule has 1 aliphatic heterocycles. The maximum atomic E-state index is 12.6. The molecule has 0 unspecified atom stereocenters. The summed E-state index contributed by atoms with van der Waals surface area (Å²) in [5.41, 5.74) is 0.0880. The van der Waals surface area contributed by atoms with E-state index in [4.69, 9.17) is 9.47 Å². The molecule has 1 amide bonds. The normalized spacial score (nSPS) is 16.4. The zero-order chi connectivity index (χ0) is 16.3. The van der Waals surface area contributed by atoms with E-state index in [9.17, 15) is 4.79 Å². The van der Waals surface area contributed by atoms with E-state index >= 15 is 0 Å². The summed E-state index contributed by atoms with van der Waals surface area (Å²) in [5, 5.41) is 6.76. The molecule has 1 aliphatic rings. The van der Waals surface area contributed by atoms with Crippen molar-refractivity contribution in [2.24, 2.45) is 0 Å². The Balaban J connectivity index is 0.00000208. The van der Waals surface area contributed by atoms with Crippen molar-refractivity contribution in [3.05, 3.63) is 18.2 Å². The van der Waals surface area contributed by atoms with Gasteiger partial charge in [0.25, 0.3) is 5.91 Å². The summed E-state index contributed by atoms with van der Waals surface area (Å²) >= 11 is 1.44. The minimum atomic E-state index is -0.764. The van der Waals surface area contributed by atoms with Crippen LogP contribution in [-0.4, -0.2) is 43.3 Å². The van der Waals surface area contributed by atoms with Crippen LogP contribution in [0.25, 0.3) is 10.2 Å². The Hall–Kier alpha value is -1.41. The van der Waals surface area contributed by atoms with Gasteiger partial charge in [0.15, 0.2) is 5.13 Å². The predicted octanol–water partition coefficient (Wildman–Crippen LogP) is 2.82. The molecule has 1 aromatic heterocycles. The first kappa shape index (κ1) is 18.9. The van der Waals surface area contributed by atoms with Crippen LogP contribution in [0.5, 0.6) is 5.75 Å². The highest BCUT2D eigenvalue weighted by molar-refractivity contribution is 7.22. The van der Waals surface area contributed by atoms with Crippen molar-refractivity contribution in [2.75, 3.05) is 32.1 Å². The summed E-state index contributed by atoms with van der Waals surface area (Å²) in [6, 6.07) is 5.74. The summed E-state index contributed by atoms with van der Waals surface area (Å²) in [6.07, 6.45) is 1.32. The van der Waals surface area contributed by atoms with Crippen LogP contribution in [0.3, 0.4) is 0 Å². The Kier molecular flexibility index (Phi) is 6.40. The van der Waals surface area contributed by atoms with Crippen molar-refractivity contribution in [1.29, 1.82) is 0 Å². The Morgan fingerprint density at radius 1 is 1.42 bits per heavy atom. The molecule has 1 fully saturated rings. The van der Waals surface area contributed by atoms with Gasteiger partial charge < -0.3 is 14.8 Å². The lowest BCUT2D eigenvalue weighted by molar-refractivity contribution is -0.140. The van der Waals surface area contributed by atoms with Crippen LogP contribution in [0.15, 0.2) is 18.2 Å². The lowest BCUT2D eigenvalue weighted by atomic mass is 9.91. The van der Waals surface area contributed by atoms with Crippen molar-refractivity contribution in [3.8, 4) is 5.75 Å². The Bertz CT molecular complexity index is 701. The molecular formula is C16H22ClN3O3S. The van der Waals surface area contributed by atoms with Gasteiger partial charge in [-0.05, 0) is 51.1 Å². The average Bonchev–Trinajstić information content (AvgIpc) is 2.97.